The van der Waals surface area contributed by atoms with Crippen LogP contribution in [0.25, 0.3) is 10.8 Å². The van der Waals surface area contributed by atoms with Crippen LogP contribution in [0.4, 0.5) is 0 Å². The maximum Gasteiger partial charge on any atom is 0.160 e. The van der Waals surface area contributed by atoms with Gasteiger partial charge in [0, 0.05) is 16.8 Å². The van der Waals surface area contributed by atoms with Crippen LogP contribution in [0, 0.1) is 0 Å². The summed E-state index contributed by atoms with van der Waals surface area (Å²) < 4.78 is 5.83. The number of ether oxygens (including phenoxy) is 1. The second-order valence-electron chi connectivity index (χ2n) is 3.88. The molecule has 0 aliphatic heterocycles. The number of benzene rings is 2. The summed E-state index contributed by atoms with van der Waals surface area (Å²) in [6.45, 7) is 0. The number of carbonyl (C=O) groups is 1. The molecule has 1 heterocycles. The largest absolute Gasteiger partial charge is 0.456 e. The van der Waals surface area contributed by atoms with Crippen molar-refractivity contribution in [1.29, 1.82) is 0 Å². The van der Waals surface area contributed by atoms with Crippen molar-refractivity contribution < 1.29 is 9.53 Å². The summed E-state index contributed by atoms with van der Waals surface area (Å²) in [5.74, 6) is 1.52. The molecule has 0 N–H and O–H groups in total. The molecule has 2 aromatic carbocycles. The van der Waals surface area contributed by atoms with Crippen molar-refractivity contribution in [3.05, 3.63) is 58.8 Å². The van der Waals surface area contributed by atoms with Crippen LogP contribution in [0.5, 0.6) is 11.5 Å². The van der Waals surface area contributed by atoms with E-state index in [9.17, 15) is 4.79 Å². The van der Waals surface area contributed by atoms with Crippen molar-refractivity contribution in [2.75, 3.05) is 0 Å². The molecule has 0 radical (unpaired) electrons. The van der Waals surface area contributed by atoms with Gasteiger partial charge in [-0.25, -0.2) is 0 Å². The highest BCUT2D eigenvalue weighted by atomic mass is 32.1. The Balaban J connectivity index is 2.01. The van der Waals surface area contributed by atoms with Crippen molar-refractivity contribution in [2.45, 2.75) is 0 Å². The van der Waals surface area contributed by atoms with Gasteiger partial charge in [-0.15, -0.1) is 11.3 Å². The van der Waals surface area contributed by atoms with Crippen LogP contribution in [-0.4, -0.2) is 6.29 Å². The Morgan fingerprint density at radius 2 is 1.89 bits per heavy atom. The Labute approximate surface area is 108 Å². The van der Waals surface area contributed by atoms with Gasteiger partial charge in [0.1, 0.15) is 11.5 Å². The number of thiophene rings is 1. The van der Waals surface area contributed by atoms with Crippen LogP contribution in [0.2, 0.25) is 0 Å². The van der Waals surface area contributed by atoms with E-state index in [0.717, 1.165) is 22.8 Å². The van der Waals surface area contributed by atoms with Crippen molar-refractivity contribution in [2.24, 2.45) is 0 Å². The van der Waals surface area contributed by atoms with Gasteiger partial charge in [-0.3, -0.25) is 4.79 Å². The monoisotopic (exact) mass is 254 g/mol. The SMILES string of the molecule is O=Cc1cc(Oc2cccc3ccccc23)cs1. The Bertz CT molecular complexity index is 695. The van der Waals surface area contributed by atoms with Gasteiger partial charge in [0.25, 0.3) is 0 Å². The molecule has 2 nitrogen and oxygen atoms in total. The van der Waals surface area contributed by atoms with E-state index in [1.54, 1.807) is 6.07 Å². The minimum absolute atomic E-state index is 0.672. The summed E-state index contributed by atoms with van der Waals surface area (Å²) in [6.07, 6.45) is 0.834. The molecule has 1 aromatic heterocycles. The van der Waals surface area contributed by atoms with E-state index in [1.807, 2.05) is 47.8 Å². The zero-order chi connectivity index (χ0) is 12.4. The molecule has 0 aliphatic rings. The number of aldehydes is 1. The summed E-state index contributed by atoms with van der Waals surface area (Å²) in [4.78, 5) is 11.3. The van der Waals surface area contributed by atoms with Crippen LogP contribution in [0.15, 0.2) is 53.9 Å². The summed E-state index contributed by atoms with van der Waals surface area (Å²) >= 11 is 1.38. The lowest BCUT2D eigenvalue weighted by Gasteiger charge is -2.06. The van der Waals surface area contributed by atoms with Crippen molar-refractivity contribution in [3.8, 4) is 11.5 Å². The van der Waals surface area contributed by atoms with Crippen LogP contribution in [0.3, 0.4) is 0 Å². The Kier molecular flexibility index (Phi) is 2.82. The van der Waals surface area contributed by atoms with Gasteiger partial charge in [0.05, 0.1) is 4.88 Å². The molecular weight excluding hydrogens is 244 g/mol. The molecule has 3 aromatic rings. The van der Waals surface area contributed by atoms with Gasteiger partial charge in [0.2, 0.25) is 0 Å². The van der Waals surface area contributed by atoms with E-state index in [0.29, 0.717) is 10.6 Å². The molecule has 0 spiro atoms. The van der Waals surface area contributed by atoms with E-state index in [1.165, 1.54) is 11.3 Å². The molecule has 3 heteroatoms. The first kappa shape index (κ1) is 11.0. The summed E-state index contributed by atoms with van der Waals surface area (Å²) in [5, 5.41) is 4.05. The topological polar surface area (TPSA) is 26.3 Å². The van der Waals surface area contributed by atoms with Gasteiger partial charge in [-0.1, -0.05) is 36.4 Å². The third-order valence-electron chi connectivity index (χ3n) is 2.69. The highest BCUT2D eigenvalue weighted by Gasteiger charge is 2.04. The highest BCUT2D eigenvalue weighted by molar-refractivity contribution is 7.11. The standard InChI is InChI=1S/C15H10O2S/c16-9-13-8-12(10-18-13)17-15-7-3-5-11-4-1-2-6-14(11)15/h1-10H. The van der Waals surface area contributed by atoms with Gasteiger partial charge >= 0.3 is 0 Å². The smallest absolute Gasteiger partial charge is 0.160 e. The molecule has 88 valence electrons. The lowest BCUT2D eigenvalue weighted by Crippen LogP contribution is -1.83. The Morgan fingerprint density at radius 1 is 1.06 bits per heavy atom. The lowest BCUT2D eigenvalue weighted by molar-refractivity contribution is 0.112. The van der Waals surface area contributed by atoms with Crippen molar-refractivity contribution >= 4 is 28.4 Å². The fourth-order valence-corrected chi connectivity index (χ4v) is 2.47. The molecule has 18 heavy (non-hydrogen) atoms. The van der Waals surface area contributed by atoms with E-state index in [4.69, 9.17) is 4.74 Å². The molecule has 3 rings (SSSR count). The first-order valence-electron chi connectivity index (χ1n) is 5.56. The highest BCUT2D eigenvalue weighted by Crippen LogP contribution is 2.31. The van der Waals surface area contributed by atoms with Crippen LogP contribution < -0.4 is 4.74 Å². The van der Waals surface area contributed by atoms with E-state index < -0.39 is 0 Å². The van der Waals surface area contributed by atoms with Gasteiger partial charge in [0.15, 0.2) is 6.29 Å². The minimum atomic E-state index is 0.672. The molecule has 0 unspecified atom stereocenters. The molecule has 0 amide bonds. The summed E-state index contributed by atoms with van der Waals surface area (Å²) in [5.41, 5.74) is 0. The number of rotatable bonds is 3. The number of fused-ring (bicyclic) bond motifs is 1. The molecule has 0 fully saturated rings. The maximum atomic E-state index is 10.6. The van der Waals surface area contributed by atoms with E-state index in [2.05, 4.69) is 0 Å². The number of carbonyl (C=O) groups excluding carboxylic acids is 1. The minimum Gasteiger partial charge on any atom is -0.456 e. The van der Waals surface area contributed by atoms with Crippen LogP contribution in [0.1, 0.15) is 9.67 Å². The number of hydrogen-bond acceptors (Lipinski definition) is 3. The Hall–Kier alpha value is -2.13. The second kappa shape index (κ2) is 4.63. The number of hydrogen-bond donors (Lipinski definition) is 0. The molecule has 0 saturated heterocycles. The van der Waals surface area contributed by atoms with Crippen molar-refractivity contribution in [1.82, 2.24) is 0 Å². The van der Waals surface area contributed by atoms with Crippen LogP contribution in [-0.2, 0) is 0 Å². The predicted molar refractivity (Wildman–Crippen MR) is 73.7 cm³/mol. The third kappa shape index (κ3) is 2.00. The third-order valence-corrected chi connectivity index (χ3v) is 3.53. The zero-order valence-electron chi connectivity index (χ0n) is 9.50. The van der Waals surface area contributed by atoms with Crippen LogP contribution >= 0.6 is 11.3 Å². The van der Waals surface area contributed by atoms with E-state index in [-0.39, 0.29) is 0 Å². The van der Waals surface area contributed by atoms with E-state index >= 15 is 0 Å². The average molecular weight is 254 g/mol. The van der Waals surface area contributed by atoms with Gasteiger partial charge < -0.3 is 4.74 Å². The molecule has 0 saturated carbocycles. The molecular formula is C15H10O2S. The van der Waals surface area contributed by atoms with Gasteiger partial charge in [-0.05, 0) is 11.5 Å². The predicted octanol–water partition coefficient (Wildman–Crippen LogP) is 4.51. The first-order chi connectivity index (χ1) is 8.86. The lowest BCUT2D eigenvalue weighted by atomic mass is 10.1. The average Bonchev–Trinajstić information content (AvgIpc) is 2.87. The Morgan fingerprint density at radius 3 is 2.72 bits per heavy atom. The van der Waals surface area contributed by atoms with Crippen molar-refractivity contribution in [3.63, 3.8) is 0 Å². The zero-order valence-corrected chi connectivity index (χ0v) is 10.3. The summed E-state index contributed by atoms with van der Waals surface area (Å²) in [7, 11) is 0. The second-order valence-corrected chi connectivity index (χ2v) is 4.82. The van der Waals surface area contributed by atoms with Gasteiger partial charge in [-0.2, -0.15) is 0 Å². The molecule has 0 bridgehead atoms. The molecule has 0 aliphatic carbocycles. The summed E-state index contributed by atoms with van der Waals surface area (Å²) in [6, 6.07) is 15.8. The quantitative estimate of drug-likeness (QED) is 0.643. The molecule has 0 atom stereocenters. The maximum absolute atomic E-state index is 10.6. The fourth-order valence-electron chi connectivity index (χ4n) is 1.86. The first-order valence-corrected chi connectivity index (χ1v) is 6.44. The fraction of sp³-hybridized carbons (Fsp3) is 0. The normalized spacial score (nSPS) is 10.4.